The van der Waals surface area contributed by atoms with Gasteiger partial charge in [-0.2, -0.15) is 0 Å². The summed E-state index contributed by atoms with van der Waals surface area (Å²) in [6, 6.07) is 0. The normalized spacial score (nSPS) is 24.8. The van der Waals surface area contributed by atoms with Gasteiger partial charge in [-0.15, -0.1) is 0 Å². The van der Waals surface area contributed by atoms with Crippen molar-refractivity contribution in [2.75, 3.05) is 6.61 Å². The van der Waals surface area contributed by atoms with Crippen LogP contribution >= 0.6 is 0 Å². The van der Waals surface area contributed by atoms with Crippen molar-refractivity contribution in [2.45, 2.75) is 45.6 Å². The van der Waals surface area contributed by atoms with Gasteiger partial charge in [-0.1, -0.05) is 12.2 Å². The maximum Gasteiger partial charge on any atom is 0.309 e. The molecule has 0 amide bonds. The van der Waals surface area contributed by atoms with Gasteiger partial charge in [0, 0.05) is 6.61 Å². The molecular weight excluding hydrogens is 204 g/mol. The SMILES string of the molecule is CC(C)(C)OC(=O)C1CC1C/C=C\CCO. The van der Waals surface area contributed by atoms with Crippen LogP contribution in [0.25, 0.3) is 0 Å². The second kappa shape index (κ2) is 5.48. The molecule has 2 atom stereocenters. The van der Waals surface area contributed by atoms with Gasteiger partial charge < -0.3 is 9.84 Å². The van der Waals surface area contributed by atoms with E-state index in [2.05, 4.69) is 0 Å². The lowest BCUT2D eigenvalue weighted by Crippen LogP contribution is -2.25. The molecule has 1 rings (SSSR count). The summed E-state index contributed by atoms with van der Waals surface area (Å²) in [5.74, 6) is 0.482. The Balaban J connectivity index is 2.21. The minimum Gasteiger partial charge on any atom is -0.460 e. The Kier molecular flexibility index (Phi) is 4.54. The van der Waals surface area contributed by atoms with Crippen LogP contribution in [0.2, 0.25) is 0 Å². The summed E-state index contributed by atoms with van der Waals surface area (Å²) in [6.45, 7) is 5.87. The molecule has 1 aliphatic carbocycles. The minimum atomic E-state index is -0.378. The van der Waals surface area contributed by atoms with Gasteiger partial charge in [0.15, 0.2) is 0 Å². The van der Waals surface area contributed by atoms with Crippen molar-refractivity contribution < 1.29 is 14.6 Å². The molecule has 0 heterocycles. The maximum atomic E-state index is 11.6. The van der Waals surface area contributed by atoms with Gasteiger partial charge in [-0.25, -0.2) is 0 Å². The Labute approximate surface area is 97.5 Å². The van der Waals surface area contributed by atoms with Crippen molar-refractivity contribution in [3.05, 3.63) is 12.2 Å². The third kappa shape index (κ3) is 4.79. The van der Waals surface area contributed by atoms with E-state index in [0.29, 0.717) is 12.3 Å². The largest absolute Gasteiger partial charge is 0.460 e. The molecule has 3 heteroatoms. The van der Waals surface area contributed by atoms with Crippen LogP contribution in [0.3, 0.4) is 0 Å². The fourth-order valence-corrected chi connectivity index (χ4v) is 1.64. The van der Waals surface area contributed by atoms with Crippen LogP contribution in [0.1, 0.15) is 40.0 Å². The van der Waals surface area contributed by atoms with Gasteiger partial charge in [0.1, 0.15) is 5.60 Å². The van der Waals surface area contributed by atoms with Gasteiger partial charge in [-0.3, -0.25) is 4.79 Å². The number of aliphatic hydroxyl groups is 1. The molecule has 92 valence electrons. The lowest BCUT2D eigenvalue weighted by atomic mass is 10.2. The lowest BCUT2D eigenvalue weighted by molar-refractivity contribution is -0.156. The molecule has 0 bridgehead atoms. The average molecular weight is 226 g/mol. The Morgan fingerprint density at radius 1 is 1.44 bits per heavy atom. The van der Waals surface area contributed by atoms with E-state index in [4.69, 9.17) is 9.84 Å². The zero-order chi connectivity index (χ0) is 12.2. The minimum absolute atomic E-state index is 0.0620. The molecule has 0 aromatic carbocycles. The van der Waals surface area contributed by atoms with Crippen molar-refractivity contribution in [3.8, 4) is 0 Å². The van der Waals surface area contributed by atoms with Crippen molar-refractivity contribution in [2.24, 2.45) is 11.8 Å². The van der Waals surface area contributed by atoms with E-state index in [1.807, 2.05) is 32.9 Å². The summed E-state index contributed by atoms with van der Waals surface area (Å²) >= 11 is 0. The number of esters is 1. The van der Waals surface area contributed by atoms with E-state index in [-0.39, 0.29) is 24.1 Å². The first-order chi connectivity index (χ1) is 7.44. The number of rotatable bonds is 5. The van der Waals surface area contributed by atoms with E-state index in [1.54, 1.807) is 0 Å². The molecule has 1 saturated carbocycles. The van der Waals surface area contributed by atoms with Crippen LogP contribution < -0.4 is 0 Å². The van der Waals surface area contributed by atoms with E-state index in [1.165, 1.54) is 0 Å². The number of hydrogen-bond donors (Lipinski definition) is 1. The van der Waals surface area contributed by atoms with Crippen molar-refractivity contribution in [1.82, 2.24) is 0 Å². The maximum absolute atomic E-state index is 11.6. The van der Waals surface area contributed by atoms with E-state index in [9.17, 15) is 4.79 Å². The molecule has 3 nitrogen and oxygen atoms in total. The van der Waals surface area contributed by atoms with E-state index < -0.39 is 0 Å². The Hall–Kier alpha value is -0.830. The summed E-state index contributed by atoms with van der Waals surface area (Å²) in [5, 5.41) is 8.59. The number of ether oxygens (including phenoxy) is 1. The third-order valence-electron chi connectivity index (χ3n) is 2.53. The van der Waals surface area contributed by atoms with Crippen LogP contribution in [0, 0.1) is 11.8 Å². The highest BCUT2D eigenvalue weighted by Gasteiger charge is 2.44. The van der Waals surface area contributed by atoms with Crippen molar-refractivity contribution in [3.63, 3.8) is 0 Å². The molecule has 0 radical (unpaired) electrons. The molecule has 16 heavy (non-hydrogen) atoms. The second-order valence-corrected chi connectivity index (χ2v) is 5.36. The van der Waals surface area contributed by atoms with Gasteiger partial charge in [0.25, 0.3) is 0 Å². The van der Waals surface area contributed by atoms with Crippen molar-refractivity contribution in [1.29, 1.82) is 0 Å². The first-order valence-electron chi connectivity index (χ1n) is 5.93. The number of carbonyl (C=O) groups is 1. The summed E-state index contributed by atoms with van der Waals surface area (Å²) < 4.78 is 5.32. The molecule has 1 aliphatic rings. The van der Waals surface area contributed by atoms with Gasteiger partial charge in [-0.05, 0) is 46.0 Å². The average Bonchev–Trinajstić information content (AvgIpc) is 2.89. The molecule has 0 saturated heterocycles. The van der Waals surface area contributed by atoms with Crippen LogP contribution in [0.15, 0.2) is 12.2 Å². The molecule has 0 aromatic heterocycles. The van der Waals surface area contributed by atoms with Gasteiger partial charge in [0.2, 0.25) is 0 Å². The monoisotopic (exact) mass is 226 g/mol. The summed E-state index contributed by atoms with van der Waals surface area (Å²) in [4.78, 5) is 11.6. The predicted molar refractivity (Wildman–Crippen MR) is 62.9 cm³/mol. The third-order valence-corrected chi connectivity index (χ3v) is 2.53. The van der Waals surface area contributed by atoms with Crippen LogP contribution in [0.4, 0.5) is 0 Å². The van der Waals surface area contributed by atoms with Crippen molar-refractivity contribution >= 4 is 5.97 Å². The van der Waals surface area contributed by atoms with E-state index in [0.717, 1.165) is 12.8 Å². The highest BCUT2D eigenvalue weighted by molar-refractivity contribution is 5.76. The Bertz CT molecular complexity index is 263. The van der Waals surface area contributed by atoms with Gasteiger partial charge in [0.05, 0.1) is 5.92 Å². The quantitative estimate of drug-likeness (QED) is 0.578. The number of aliphatic hydroxyl groups excluding tert-OH is 1. The lowest BCUT2D eigenvalue weighted by Gasteiger charge is -2.19. The topological polar surface area (TPSA) is 46.5 Å². The van der Waals surface area contributed by atoms with Crippen LogP contribution in [-0.2, 0) is 9.53 Å². The number of allylic oxidation sites excluding steroid dienone is 1. The first kappa shape index (κ1) is 13.2. The smallest absolute Gasteiger partial charge is 0.309 e. The van der Waals surface area contributed by atoms with Gasteiger partial charge >= 0.3 is 5.97 Å². The number of carbonyl (C=O) groups excluding carboxylic acids is 1. The highest BCUT2D eigenvalue weighted by Crippen LogP contribution is 2.43. The fraction of sp³-hybridized carbons (Fsp3) is 0.769. The Morgan fingerprint density at radius 2 is 2.12 bits per heavy atom. The summed E-state index contributed by atoms with van der Waals surface area (Å²) in [7, 11) is 0. The van der Waals surface area contributed by atoms with Crippen LogP contribution in [0.5, 0.6) is 0 Å². The second-order valence-electron chi connectivity index (χ2n) is 5.36. The molecule has 0 aromatic rings. The predicted octanol–water partition coefficient (Wildman–Crippen LogP) is 2.29. The molecule has 0 aliphatic heterocycles. The highest BCUT2D eigenvalue weighted by atomic mass is 16.6. The molecule has 0 spiro atoms. The van der Waals surface area contributed by atoms with E-state index >= 15 is 0 Å². The zero-order valence-electron chi connectivity index (χ0n) is 10.4. The number of hydrogen-bond acceptors (Lipinski definition) is 3. The standard InChI is InChI=1S/C13H22O3/c1-13(2,3)16-12(15)11-9-10(11)7-5-4-6-8-14/h4-5,10-11,14H,6-9H2,1-3H3/b5-4-. The Morgan fingerprint density at radius 3 is 2.69 bits per heavy atom. The summed E-state index contributed by atoms with van der Waals surface area (Å²) in [6.07, 6.45) is 6.57. The molecule has 2 unspecified atom stereocenters. The zero-order valence-corrected chi connectivity index (χ0v) is 10.4. The molecular formula is C13H22O3. The molecule has 1 fully saturated rings. The molecule has 1 N–H and O–H groups in total. The first-order valence-corrected chi connectivity index (χ1v) is 5.93. The van der Waals surface area contributed by atoms with Crippen LogP contribution in [-0.4, -0.2) is 23.3 Å². The fourth-order valence-electron chi connectivity index (χ4n) is 1.64. The summed E-state index contributed by atoms with van der Waals surface area (Å²) in [5.41, 5.74) is -0.378.